The van der Waals surface area contributed by atoms with Crippen LogP contribution in [0.5, 0.6) is 0 Å². The lowest BCUT2D eigenvalue weighted by Crippen LogP contribution is -2.60. The summed E-state index contributed by atoms with van der Waals surface area (Å²) in [5, 5.41) is 3.64. The second-order valence-electron chi connectivity index (χ2n) is 7.47. The quantitative estimate of drug-likeness (QED) is 0.393. The Morgan fingerprint density at radius 2 is 2.20 bits per heavy atom. The number of nitrogens with one attached hydrogen (secondary N) is 1. The summed E-state index contributed by atoms with van der Waals surface area (Å²) < 4.78 is 11.3. The maximum Gasteiger partial charge on any atom is 0.193 e. The molecule has 1 N–H and O–H groups in total. The summed E-state index contributed by atoms with van der Waals surface area (Å²) >= 11 is 2.07. The fourth-order valence-corrected chi connectivity index (χ4v) is 5.08. The van der Waals surface area contributed by atoms with Crippen molar-refractivity contribution in [3.8, 4) is 0 Å². The van der Waals surface area contributed by atoms with Crippen LogP contribution in [0.25, 0.3) is 0 Å². The second kappa shape index (κ2) is 9.44. The minimum absolute atomic E-state index is 0.244. The van der Waals surface area contributed by atoms with Gasteiger partial charge in [-0.15, -0.1) is 0 Å². The smallest absolute Gasteiger partial charge is 0.193 e. The van der Waals surface area contributed by atoms with E-state index in [0.29, 0.717) is 0 Å². The molecule has 1 aliphatic carbocycles. The van der Waals surface area contributed by atoms with Gasteiger partial charge in [-0.25, -0.2) is 0 Å². The van der Waals surface area contributed by atoms with Gasteiger partial charge in [0.2, 0.25) is 0 Å². The number of likely N-dealkylation sites (N-methyl/N-ethyl adjacent to an activating group) is 1. The van der Waals surface area contributed by atoms with Crippen LogP contribution in [0.4, 0.5) is 0 Å². The summed E-state index contributed by atoms with van der Waals surface area (Å²) in [6, 6.07) is 0. The largest absolute Gasteiger partial charge is 0.379 e. The summed E-state index contributed by atoms with van der Waals surface area (Å²) in [5.74, 6) is 4.25. The summed E-state index contributed by atoms with van der Waals surface area (Å²) in [4.78, 5) is 9.29. The summed E-state index contributed by atoms with van der Waals surface area (Å²) in [5.41, 5.74) is 0.244. The Bertz CT molecular complexity index is 433. The minimum atomic E-state index is 0.244. The summed E-state index contributed by atoms with van der Waals surface area (Å²) in [7, 11) is 3.97. The number of guanidine groups is 1. The van der Waals surface area contributed by atoms with Crippen LogP contribution in [0.3, 0.4) is 0 Å². The minimum Gasteiger partial charge on any atom is -0.379 e. The Labute approximate surface area is 156 Å². The van der Waals surface area contributed by atoms with Gasteiger partial charge in [-0.1, -0.05) is 0 Å². The third-order valence-electron chi connectivity index (χ3n) is 5.53. The Hall–Kier alpha value is -0.500. The molecule has 144 valence electrons. The SMILES string of the molecule is CN=C(NCC1(N2CCOCC2)CCSC1)N(C)CCOCC1CC1. The number of morpholine rings is 1. The molecule has 3 aliphatic rings. The summed E-state index contributed by atoms with van der Waals surface area (Å²) in [6.07, 6.45) is 3.94. The average molecular weight is 371 g/mol. The fraction of sp³-hybridized carbons (Fsp3) is 0.944. The van der Waals surface area contributed by atoms with E-state index in [1.807, 2.05) is 7.05 Å². The highest BCUT2D eigenvalue weighted by Crippen LogP contribution is 2.33. The van der Waals surface area contributed by atoms with E-state index >= 15 is 0 Å². The highest BCUT2D eigenvalue weighted by atomic mass is 32.2. The molecular formula is C18H34N4O2S. The Morgan fingerprint density at radius 3 is 2.84 bits per heavy atom. The molecule has 7 heteroatoms. The van der Waals surface area contributed by atoms with Crippen molar-refractivity contribution in [2.24, 2.45) is 10.9 Å². The maximum absolute atomic E-state index is 5.77. The molecule has 3 fully saturated rings. The van der Waals surface area contributed by atoms with Crippen molar-refractivity contribution in [2.75, 3.05) is 78.2 Å². The number of aliphatic imine (C=N–C) groups is 1. The molecule has 0 amide bonds. The fourth-order valence-electron chi connectivity index (χ4n) is 3.60. The molecule has 0 aromatic rings. The summed E-state index contributed by atoms with van der Waals surface area (Å²) in [6.45, 7) is 7.36. The number of hydrogen-bond acceptors (Lipinski definition) is 5. The van der Waals surface area contributed by atoms with Gasteiger partial charge in [0.25, 0.3) is 0 Å². The molecular weight excluding hydrogens is 336 g/mol. The van der Waals surface area contributed by atoms with Crippen molar-refractivity contribution in [3.63, 3.8) is 0 Å². The lowest BCUT2D eigenvalue weighted by molar-refractivity contribution is -0.0121. The molecule has 0 spiro atoms. The topological polar surface area (TPSA) is 49.3 Å². The first-order chi connectivity index (χ1) is 12.2. The van der Waals surface area contributed by atoms with Crippen LogP contribution in [-0.4, -0.2) is 99.5 Å². The zero-order valence-electron chi connectivity index (χ0n) is 15.8. The molecule has 2 aliphatic heterocycles. The van der Waals surface area contributed by atoms with Crippen LogP contribution in [0.2, 0.25) is 0 Å². The lowest BCUT2D eigenvalue weighted by atomic mass is 9.95. The molecule has 25 heavy (non-hydrogen) atoms. The molecule has 0 aromatic heterocycles. The van der Waals surface area contributed by atoms with Crippen LogP contribution in [-0.2, 0) is 9.47 Å². The Balaban J connectivity index is 1.46. The number of rotatable bonds is 8. The second-order valence-corrected chi connectivity index (χ2v) is 8.57. The Morgan fingerprint density at radius 1 is 1.40 bits per heavy atom. The lowest BCUT2D eigenvalue weighted by Gasteiger charge is -2.43. The van der Waals surface area contributed by atoms with Crippen LogP contribution >= 0.6 is 11.8 Å². The van der Waals surface area contributed by atoms with E-state index in [1.54, 1.807) is 0 Å². The molecule has 2 heterocycles. The first-order valence-electron chi connectivity index (χ1n) is 9.63. The third kappa shape index (κ3) is 5.49. The highest BCUT2D eigenvalue weighted by Gasteiger charge is 2.40. The number of nitrogens with zero attached hydrogens (tertiary/aromatic N) is 3. The van der Waals surface area contributed by atoms with Crippen molar-refractivity contribution in [1.29, 1.82) is 0 Å². The van der Waals surface area contributed by atoms with Crippen molar-refractivity contribution in [3.05, 3.63) is 0 Å². The van der Waals surface area contributed by atoms with Gasteiger partial charge >= 0.3 is 0 Å². The van der Waals surface area contributed by atoms with E-state index in [1.165, 1.54) is 30.8 Å². The molecule has 1 unspecified atom stereocenters. The zero-order chi connectivity index (χ0) is 17.5. The van der Waals surface area contributed by atoms with Crippen molar-refractivity contribution < 1.29 is 9.47 Å². The van der Waals surface area contributed by atoms with E-state index in [4.69, 9.17) is 9.47 Å². The van der Waals surface area contributed by atoms with E-state index in [-0.39, 0.29) is 5.54 Å². The van der Waals surface area contributed by atoms with Crippen LogP contribution < -0.4 is 5.32 Å². The first kappa shape index (κ1) is 19.3. The predicted octanol–water partition coefficient (Wildman–Crippen LogP) is 1.13. The number of hydrogen-bond donors (Lipinski definition) is 1. The average Bonchev–Trinajstić information content (AvgIpc) is 3.35. The van der Waals surface area contributed by atoms with Gasteiger partial charge in [0.05, 0.1) is 19.8 Å². The molecule has 6 nitrogen and oxygen atoms in total. The molecule has 3 rings (SSSR count). The van der Waals surface area contributed by atoms with Crippen LogP contribution in [0.15, 0.2) is 4.99 Å². The van der Waals surface area contributed by atoms with Gasteiger partial charge in [0.1, 0.15) is 0 Å². The highest BCUT2D eigenvalue weighted by molar-refractivity contribution is 7.99. The first-order valence-corrected chi connectivity index (χ1v) is 10.8. The van der Waals surface area contributed by atoms with E-state index in [9.17, 15) is 0 Å². The van der Waals surface area contributed by atoms with E-state index in [2.05, 4.69) is 38.9 Å². The monoisotopic (exact) mass is 370 g/mol. The van der Waals surface area contributed by atoms with Crippen molar-refractivity contribution in [1.82, 2.24) is 15.1 Å². The van der Waals surface area contributed by atoms with Gasteiger partial charge < -0.3 is 19.7 Å². The van der Waals surface area contributed by atoms with Crippen molar-refractivity contribution >= 4 is 17.7 Å². The number of ether oxygens (including phenoxy) is 2. The predicted molar refractivity (Wildman–Crippen MR) is 105 cm³/mol. The molecule has 0 radical (unpaired) electrons. The molecule has 0 bridgehead atoms. The third-order valence-corrected chi connectivity index (χ3v) is 6.77. The standard InChI is InChI=1S/C18H34N4O2S/c1-19-17(21(2)6-9-24-13-16-3-4-16)20-14-18(5-12-25-15-18)22-7-10-23-11-8-22/h16H,3-15H2,1-2H3,(H,19,20). The zero-order valence-corrected chi connectivity index (χ0v) is 16.7. The van der Waals surface area contributed by atoms with Gasteiger partial charge in [-0.3, -0.25) is 9.89 Å². The van der Waals surface area contributed by atoms with Crippen molar-refractivity contribution in [2.45, 2.75) is 24.8 Å². The van der Waals surface area contributed by atoms with Crippen LogP contribution in [0, 0.1) is 5.92 Å². The molecule has 1 saturated carbocycles. The van der Waals surface area contributed by atoms with Crippen LogP contribution in [0.1, 0.15) is 19.3 Å². The molecule has 0 aromatic carbocycles. The Kier molecular flexibility index (Phi) is 7.28. The van der Waals surface area contributed by atoms with Gasteiger partial charge in [-0.2, -0.15) is 11.8 Å². The molecule has 2 saturated heterocycles. The van der Waals surface area contributed by atoms with Gasteiger partial charge in [0, 0.05) is 58.2 Å². The maximum atomic E-state index is 5.77. The molecule has 1 atom stereocenters. The van der Waals surface area contributed by atoms with Gasteiger partial charge in [0.15, 0.2) is 5.96 Å². The van der Waals surface area contributed by atoms with E-state index in [0.717, 1.165) is 64.5 Å². The van der Waals surface area contributed by atoms with E-state index < -0.39 is 0 Å². The number of thioether (sulfide) groups is 1. The van der Waals surface area contributed by atoms with Gasteiger partial charge in [-0.05, 0) is 30.9 Å². The normalized spacial score (nSPS) is 28.3.